The molecule has 184 valence electrons. The molecule has 1 aliphatic heterocycles. The fraction of sp³-hybridized carbons (Fsp3) is 0.579. The third kappa shape index (κ3) is 9.99. The Hall–Kier alpha value is -3.68. The number of amides is 6. The van der Waals surface area contributed by atoms with Gasteiger partial charge in [-0.2, -0.15) is 0 Å². The number of nitrogens with zero attached hydrogens (tertiary/aromatic N) is 2. The second-order valence-corrected chi connectivity index (χ2v) is 6.95. The summed E-state index contributed by atoms with van der Waals surface area (Å²) in [6.45, 7) is 5.39. The number of hydrazine groups is 1. The Labute approximate surface area is 190 Å². The highest BCUT2D eigenvalue weighted by molar-refractivity contribution is 5.98. The number of morpholine rings is 1. The first-order valence-corrected chi connectivity index (χ1v) is 10.2. The zero-order chi connectivity index (χ0) is 25.0. The fourth-order valence-corrected chi connectivity index (χ4v) is 2.49. The van der Waals surface area contributed by atoms with Crippen LogP contribution in [0.5, 0.6) is 0 Å². The first kappa shape index (κ1) is 27.4. The first-order valence-electron chi connectivity index (χ1n) is 10.2. The van der Waals surface area contributed by atoms with Crippen molar-refractivity contribution < 1.29 is 38.2 Å². The van der Waals surface area contributed by atoms with E-state index in [0.29, 0.717) is 31.3 Å². The highest BCUT2D eigenvalue weighted by atomic mass is 16.5. The summed E-state index contributed by atoms with van der Waals surface area (Å²) in [6.07, 6.45) is 1.63. The molecule has 1 fully saturated rings. The molecule has 14 nitrogen and oxygen atoms in total. The maximum absolute atomic E-state index is 12.4. The molecule has 14 heteroatoms. The number of carbonyl (C=O) groups is 6. The van der Waals surface area contributed by atoms with Crippen molar-refractivity contribution in [3.63, 3.8) is 0 Å². The number of rotatable bonds is 9. The summed E-state index contributed by atoms with van der Waals surface area (Å²) in [7, 11) is 0. The van der Waals surface area contributed by atoms with E-state index in [0.717, 1.165) is 12.2 Å². The summed E-state index contributed by atoms with van der Waals surface area (Å²) >= 11 is 0. The van der Waals surface area contributed by atoms with Crippen molar-refractivity contribution in [2.45, 2.75) is 32.9 Å². The van der Waals surface area contributed by atoms with Gasteiger partial charge in [-0.15, -0.1) is 0 Å². The molecule has 0 aromatic heterocycles. The predicted octanol–water partition coefficient (Wildman–Crippen LogP) is -2.61. The average molecular weight is 470 g/mol. The molecule has 1 rings (SSSR count). The van der Waals surface area contributed by atoms with Crippen LogP contribution in [0.2, 0.25) is 0 Å². The van der Waals surface area contributed by atoms with E-state index in [-0.39, 0.29) is 6.61 Å². The van der Waals surface area contributed by atoms with Crippen molar-refractivity contribution in [1.29, 1.82) is 0 Å². The van der Waals surface area contributed by atoms with E-state index in [2.05, 4.69) is 20.8 Å². The van der Waals surface area contributed by atoms with Crippen molar-refractivity contribution in [3.05, 3.63) is 12.2 Å². The highest BCUT2D eigenvalue weighted by Crippen LogP contribution is 1.99. The third-order valence-electron chi connectivity index (χ3n) is 4.26. The van der Waals surface area contributed by atoms with Crippen LogP contribution in [0.1, 0.15) is 20.8 Å². The lowest BCUT2D eigenvalue weighted by Gasteiger charge is -2.28. The standard InChI is InChI=1S/C19H30N6O8/c1-4-33-16(28)6-5-15(27)25(11-14(20)26)23-18(30)13(3)21-17(29)12(2)22-19(31)24-7-9-32-10-8-24/h5-6,12-13H,4,7-11H2,1-3H3,(H2,20,26)(H,21,29)(H,22,31)(H,23,30)/b6-5+/t12-,13+/m1/s1. The number of carbonyl (C=O) groups excluding carboxylic acids is 6. The monoisotopic (exact) mass is 470 g/mol. The van der Waals surface area contributed by atoms with Crippen LogP contribution in [0, 0.1) is 0 Å². The van der Waals surface area contributed by atoms with Gasteiger partial charge in [0, 0.05) is 25.2 Å². The van der Waals surface area contributed by atoms with Gasteiger partial charge in [0.25, 0.3) is 11.8 Å². The van der Waals surface area contributed by atoms with E-state index in [1.807, 2.05) is 0 Å². The lowest BCUT2D eigenvalue weighted by Crippen LogP contribution is -2.57. The van der Waals surface area contributed by atoms with Crippen LogP contribution >= 0.6 is 0 Å². The molecule has 2 atom stereocenters. The van der Waals surface area contributed by atoms with Crippen LogP contribution < -0.4 is 21.8 Å². The minimum absolute atomic E-state index is 0.0988. The maximum atomic E-state index is 12.4. The minimum Gasteiger partial charge on any atom is -0.463 e. The molecule has 1 aliphatic rings. The second-order valence-electron chi connectivity index (χ2n) is 6.95. The van der Waals surface area contributed by atoms with E-state index in [1.165, 1.54) is 18.7 Å². The molecule has 0 radical (unpaired) electrons. The Morgan fingerprint density at radius 2 is 1.64 bits per heavy atom. The van der Waals surface area contributed by atoms with Gasteiger partial charge in [0.15, 0.2) is 0 Å². The molecule has 5 N–H and O–H groups in total. The van der Waals surface area contributed by atoms with Crippen LogP contribution in [-0.2, 0) is 33.4 Å². The number of urea groups is 1. The first-order chi connectivity index (χ1) is 15.5. The van der Waals surface area contributed by atoms with Gasteiger partial charge in [-0.05, 0) is 20.8 Å². The Bertz CT molecular complexity index is 780. The zero-order valence-electron chi connectivity index (χ0n) is 18.8. The topological polar surface area (TPSA) is 189 Å². The SMILES string of the molecule is CCOC(=O)/C=C/C(=O)N(CC(N)=O)NC(=O)[C@H](C)NC(=O)[C@@H](C)NC(=O)N1CCOCC1. The minimum atomic E-state index is -1.14. The van der Waals surface area contributed by atoms with Crippen LogP contribution in [-0.4, -0.2) is 97.1 Å². The van der Waals surface area contributed by atoms with Crippen LogP contribution in [0.25, 0.3) is 0 Å². The van der Waals surface area contributed by atoms with Gasteiger partial charge in [-0.1, -0.05) is 0 Å². The predicted molar refractivity (Wildman–Crippen MR) is 113 cm³/mol. The number of primary amides is 1. The van der Waals surface area contributed by atoms with Crippen LogP contribution in [0.3, 0.4) is 0 Å². The van der Waals surface area contributed by atoms with Gasteiger partial charge in [-0.25, -0.2) is 14.6 Å². The molecular weight excluding hydrogens is 440 g/mol. The summed E-state index contributed by atoms with van der Waals surface area (Å²) < 4.78 is 9.80. The molecule has 6 amide bonds. The Balaban J connectivity index is 2.64. The molecule has 0 saturated carbocycles. The molecule has 0 bridgehead atoms. The summed E-state index contributed by atoms with van der Waals surface area (Å²) in [5, 5.41) is 5.51. The fourth-order valence-electron chi connectivity index (χ4n) is 2.49. The smallest absolute Gasteiger partial charge is 0.330 e. The van der Waals surface area contributed by atoms with Crippen molar-refractivity contribution in [3.8, 4) is 0 Å². The average Bonchev–Trinajstić information content (AvgIpc) is 2.77. The second kappa shape index (κ2) is 13.7. The zero-order valence-corrected chi connectivity index (χ0v) is 18.8. The van der Waals surface area contributed by atoms with E-state index >= 15 is 0 Å². The molecule has 1 saturated heterocycles. The Morgan fingerprint density at radius 3 is 2.21 bits per heavy atom. The van der Waals surface area contributed by atoms with Gasteiger partial charge in [0.05, 0.1) is 19.8 Å². The largest absolute Gasteiger partial charge is 0.463 e. The molecule has 0 aromatic carbocycles. The summed E-state index contributed by atoms with van der Waals surface area (Å²) in [5.74, 6) is -4.11. The molecule has 33 heavy (non-hydrogen) atoms. The van der Waals surface area contributed by atoms with Crippen molar-refractivity contribution >= 4 is 35.6 Å². The molecule has 0 spiro atoms. The van der Waals surface area contributed by atoms with E-state index in [4.69, 9.17) is 10.5 Å². The van der Waals surface area contributed by atoms with Crippen molar-refractivity contribution in [2.24, 2.45) is 5.73 Å². The van der Waals surface area contributed by atoms with Gasteiger partial charge in [0.1, 0.15) is 18.6 Å². The maximum Gasteiger partial charge on any atom is 0.330 e. The number of hydrogen-bond donors (Lipinski definition) is 4. The van der Waals surface area contributed by atoms with Crippen molar-refractivity contribution in [1.82, 2.24) is 26.0 Å². The molecule has 0 unspecified atom stereocenters. The molecule has 0 aliphatic carbocycles. The molecular formula is C19H30N6O8. The number of ether oxygens (including phenoxy) is 2. The number of nitrogens with one attached hydrogen (secondary N) is 3. The van der Waals surface area contributed by atoms with Gasteiger partial charge in [0.2, 0.25) is 11.8 Å². The van der Waals surface area contributed by atoms with Gasteiger partial charge >= 0.3 is 12.0 Å². The van der Waals surface area contributed by atoms with E-state index in [1.54, 1.807) is 6.92 Å². The lowest BCUT2D eigenvalue weighted by molar-refractivity contribution is -0.142. The summed E-state index contributed by atoms with van der Waals surface area (Å²) in [4.78, 5) is 73.2. The van der Waals surface area contributed by atoms with Crippen LogP contribution in [0.4, 0.5) is 4.79 Å². The molecule has 1 heterocycles. The van der Waals surface area contributed by atoms with Gasteiger partial charge < -0.3 is 30.7 Å². The summed E-state index contributed by atoms with van der Waals surface area (Å²) in [6, 6.07) is -2.53. The highest BCUT2D eigenvalue weighted by Gasteiger charge is 2.25. The number of hydrogen-bond acceptors (Lipinski definition) is 8. The van der Waals surface area contributed by atoms with Gasteiger partial charge in [-0.3, -0.25) is 24.6 Å². The third-order valence-corrected chi connectivity index (χ3v) is 4.26. The van der Waals surface area contributed by atoms with E-state index < -0.39 is 54.3 Å². The normalized spacial score (nSPS) is 15.2. The van der Waals surface area contributed by atoms with Crippen molar-refractivity contribution in [2.75, 3.05) is 39.5 Å². The lowest BCUT2D eigenvalue weighted by atomic mass is 10.2. The van der Waals surface area contributed by atoms with Crippen LogP contribution in [0.15, 0.2) is 12.2 Å². The number of nitrogens with two attached hydrogens (primary N) is 1. The summed E-state index contributed by atoms with van der Waals surface area (Å²) in [5.41, 5.74) is 7.25. The van der Waals surface area contributed by atoms with E-state index in [9.17, 15) is 28.8 Å². The Kier molecular flexibility index (Phi) is 11.3. The Morgan fingerprint density at radius 1 is 1.03 bits per heavy atom. The number of esters is 1. The molecule has 0 aromatic rings. The quantitative estimate of drug-likeness (QED) is 0.160.